The van der Waals surface area contributed by atoms with Crippen LogP contribution in [0.25, 0.3) is 10.9 Å². The minimum Gasteiger partial charge on any atom is -0.497 e. The highest BCUT2D eigenvalue weighted by Crippen LogP contribution is 2.38. The van der Waals surface area contributed by atoms with E-state index in [-0.39, 0.29) is 6.04 Å². The molecule has 1 unspecified atom stereocenters. The molecule has 3 aromatic carbocycles. The van der Waals surface area contributed by atoms with E-state index in [1.54, 1.807) is 12.6 Å². The molecule has 1 N–H and O–H groups in total. The van der Waals surface area contributed by atoms with Crippen LogP contribution in [0.1, 0.15) is 28.4 Å². The molecular formula is C27H26Cl2N2OS2. The van der Waals surface area contributed by atoms with E-state index in [0.717, 1.165) is 40.0 Å². The van der Waals surface area contributed by atoms with Crippen molar-refractivity contribution in [1.82, 2.24) is 9.88 Å². The van der Waals surface area contributed by atoms with Gasteiger partial charge in [0.25, 0.3) is 0 Å². The lowest BCUT2D eigenvalue weighted by molar-refractivity contribution is 0.349. The number of halogens is 2. The number of fused-ring (bicyclic) bond motifs is 3. The zero-order valence-corrected chi connectivity index (χ0v) is 22.2. The average molecular weight is 530 g/mol. The number of hydrogen-bond donors (Lipinski definition) is 1. The van der Waals surface area contributed by atoms with Crippen LogP contribution in [0.5, 0.6) is 5.75 Å². The molecule has 3 nitrogen and oxygen atoms in total. The Balaban J connectivity index is 0.000000231. The highest BCUT2D eigenvalue weighted by molar-refractivity contribution is 7.97. The Morgan fingerprint density at radius 3 is 2.41 bits per heavy atom. The van der Waals surface area contributed by atoms with Gasteiger partial charge in [-0.3, -0.25) is 0 Å². The van der Waals surface area contributed by atoms with Gasteiger partial charge < -0.3 is 14.6 Å². The maximum Gasteiger partial charge on any atom is 0.118 e. The minimum absolute atomic E-state index is 0.0864. The second-order valence-electron chi connectivity index (χ2n) is 8.04. The molecule has 0 spiro atoms. The molecule has 4 aromatic rings. The summed E-state index contributed by atoms with van der Waals surface area (Å²) in [7, 11) is 1.68. The van der Waals surface area contributed by atoms with Gasteiger partial charge in [0, 0.05) is 38.9 Å². The predicted octanol–water partition coefficient (Wildman–Crippen LogP) is 7.94. The van der Waals surface area contributed by atoms with E-state index in [9.17, 15) is 0 Å². The van der Waals surface area contributed by atoms with Gasteiger partial charge in [-0.25, -0.2) is 0 Å². The van der Waals surface area contributed by atoms with Gasteiger partial charge in [0.2, 0.25) is 0 Å². The number of methoxy groups -OCH3 is 1. The van der Waals surface area contributed by atoms with Crippen LogP contribution in [0.2, 0.25) is 10.0 Å². The van der Waals surface area contributed by atoms with E-state index in [2.05, 4.69) is 40.4 Å². The van der Waals surface area contributed by atoms with Gasteiger partial charge in [0.05, 0.1) is 18.6 Å². The Labute approximate surface area is 220 Å². The van der Waals surface area contributed by atoms with Crippen molar-refractivity contribution in [2.75, 3.05) is 19.9 Å². The van der Waals surface area contributed by atoms with Crippen molar-refractivity contribution in [3.8, 4) is 5.75 Å². The van der Waals surface area contributed by atoms with Gasteiger partial charge in [-0.05, 0) is 71.8 Å². The first-order valence-electron chi connectivity index (χ1n) is 10.9. The molecule has 7 heteroatoms. The average Bonchev–Trinajstić information content (AvgIpc) is 3.23. The van der Waals surface area contributed by atoms with E-state index in [0.29, 0.717) is 0 Å². The first-order valence-corrected chi connectivity index (χ1v) is 13.5. The summed E-state index contributed by atoms with van der Waals surface area (Å²) in [6.07, 6.45) is 3.05. The molecule has 2 heterocycles. The van der Waals surface area contributed by atoms with Gasteiger partial charge in [0.15, 0.2) is 0 Å². The molecule has 1 aromatic heterocycles. The predicted molar refractivity (Wildman–Crippen MR) is 151 cm³/mol. The summed E-state index contributed by atoms with van der Waals surface area (Å²) in [5.74, 6) is 1.92. The highest BCUT2D eigenvalue weighted by Gasteiger charge is 2.30. The number of benzene rings is 3. The molecule has 0 amide bonds. The van der Waals surface area contributed by atoms with Crippen molar-refractivity contribution in [3.05, 3.63) is 99.2 Å². The Hall–Kier alpha value is -2.18. The van der Waals surface area contributed by atoms with Gasteiger partial charge in [0.1, 0.15) is 5.75 Å². The van der Waals surface area contributed by atoms with Crippen LogP contribution in [0.15, 0.2) is 66.7 Å². The van der Waals surface area contributed by atoms with Crippen LogP contribution in [0, 0.1) is 0 Å². The van der Waals surface area contributed by atoms with Crippen molar-refractivity contribution >= 4 is 63.6 Å². The van der Waals surface area contributed by atoms with Crippen LogP contribution in [0.4, 0.5) is 0 Å². The normalized spacial score (nSPS) is 14.8. The summed E-state index contributed by atoms with van der Waals surface area (Å²) in [6.45, 7) is 0.895. The first-order chi connectivity index (χ1) is 16.5. The maximum absolute atomic E-state index is 6.20. The smallest absolute Gasteiger partial charge is 0.118 e. The van der Waals surface area contributed by atoms with Crippen molar-refractivity contribution in [2.24, 2.45) is 0 Å². The molecule has 1 atom stereocenters. The molecule has 5 rings (SSSR count). The van der Waals surface area contributed by atoms with Crippen LogP contribution < -0.4 is 4.74 Å². The SMILES string of the molecule is COc1ccc(C2c3[nH]c4ccc(Cl)cc4c3CCN2C=S)cc1.CSCc1ccc(Cl)cc1. The Bertz CT molecular complexity index is 1260. The molecule has 0 saturated carbocycles. The van der Waals surface area contributed by atoms with E-state index in [1.165, 1.54) is 27.8 Å². The number of thiocarbonyl (C=S) groups is 1. The van der Waals surface area contributed by atoms with Crippen LogP contribution in [0.3, 0.4) is 0 Å². The van der Waals surface area contributed by atoms with Gasteiger partial charge in [-0.1, -0.05) is 59.7 Å². The Kier molecular flexibility index (Phi) is 8.43. The Morgan fingerprint density at radius 1 is 1.06 bits per heavy atom. The number of hydrogen-bond acceptors (Lipinski definition) is 3. The molecule has 1 aliphatic heterocycles. The summed E-state index contributed by atoms with van der Waals surface area (Å²) < 4.78 is 5.28. The molecular weight excluding hydrogens is 503 g/mol. The molecule has 0 saturated heterocycles. The third-order valence-electron chi connectivity index (χ3n) is 5.92. The molecule has 0 bridgehead atoms. The Morgan fingerprint density at radius 2 is 1.76 bits per heavy atom. The van der Waals surface area contributed by atoms with E-state index < -0.39 is 0 Å². The minimum atomic E-state index is 0.0864. The number of ether oxygens (including phenoxy) is 1. The largest absolute Gasteiger partial charge is 0.497 e. The second-order valence-corrected chi connectivity index (χ2v) is 9.99. The zero-order valence-electron chi connectivity index (χ0n) is 19.1. The molecule has 34 heavy (non-hydrogen) atoms. The standard InChI is InChI=1S/C19H17ClN2OS.C8H9ClS/c1-23-14-5-2-12(3-6-14)19-18-15(8-9-22(19)11-24)16-10-13(20)4-7-17(16)21-18;1-10-6-7-2-4-8(9)5-3-7/h2-7,10-11,19,21H,8-9H2,1H3;2-5H,6H2,1H3. The van der Waals surface area contributed by atoms with Crippen LogP contribution in [-0.2, 0) is 12.2 Å². The third kappa shape index (κ3) is 5.55. The number of H-pyrrole nitrogens is 1. The summed E-state index contributed by atoms with van der Waals surface area (Å²) in [6, 6.07) is 22.2. The monoisotopic (exact) mass is 528 g/mol. The zero-order chi connectivity index (χ0) is 24.1. The van der Waals surface area contributed by atoms with Crippen molar-refractivity contribution in [2.45, 2.75) is 18.2 Å². The van der Waals surface area contributed by atoms with Gasteiger partial charge >= 0.3 is 0 Å². The number of rotatable bonds is 5. The summed E-state index contributed by atoms with van der Waals surface area (Å²) in [5, 5.41) is 2.78. The summed E-state index contributed by atoms with van der Waals surface area (Å²) >= 11 is 19.0. The molecule has 0 aliphatic carbocycles. The van der Waals surface area contributed by atoms with Crippen molar-refractivity contribution in [3.63, 3.8) is 0 Å². The first kappa shape index (κ1) is 24.9. The fourth-order valence-electron chi connectivity index (χ4n) is 4.28. The fourth-order valence-corrected chi connectivity index (χ4v) is 5.34. The lowest BCUT2D eigenvalue weighted by Crippen LogP contribution is -2.34. The summed E-state index contributed by atoms with van der Waals surface area (Å²) in [5.41, 5.74) is 7.93. The van der Waals surface area contributed by atoms with E-state index in [4.69, 9.17) is 40.2 Å². The lowest BCUT2D eigenvalue weighted by atomic mass is 9.93. The second kappa shape index (κ2) is 11.5. The fraction of sp³-hybridized carbons (Fsp3) is 0.222. The maximum atomic E-state index is 6.20. The molecule has 0 fully saturated rings. The van der Waals surface area contributed by atoms with Crippen LogP contribution in [-0.4, -0.2) is 35.3 Å². The highest BCUT2D eigenvalue weighted by atomic mass is 35.5. The van der Waals surface area contributed by atoms with Crippen molar-refractivity contribution in [1.29, 1.82) is 0 Å². The van der Waals surface area contributed by atoms with E-state index >= 15 is 0 Å². The lowest BCUT2D eigenvalue weighted by Gasteiger charge is -2.34. The molecule has 1 aliphatic rings. The van der Waals surface area contributed by atoms with E-state index in [1.807, 2.05) is 54.2 Å². The third-order valence-corrected chi connectivity index (χ3v) is 7.30. The number of nitrogens with zero attached hydrogens (tertiary/aromatic N) is 1. The van der Waals surface area contributed by atoms with Crippen LogP contribution >= 0.6 is 47.2 Å². The number of nitrogens with one attached hydrogen (secondary N) is 1. The van der Waals surface area contributed by atoms with Gasteiger partial charge in [-0.2, -0.15) is 11.8 Å². The quantitative estimate of drug-likeness (QED) is 0.266. The van der Waals surface area contributed by atoms with Gasteiger partial charge in [-0.15, -0.1) is 0 Å². The number of thioether (sulfide) groups is 1. The molecule has 176 valence electrons. The number of aromatic amines is 1. The number of aromatic nitrogens is 1. The molecule has 0 radical (unpaired) electrons. The summed E-state index contributed by atoms with van der Waals surface area (Å²) in [4.78, 5) is 5.79. The topological polar surface area (TPSA) is 28.3 Å². The van der Waals surface area contributed by atoms with Crippen molar-refractivity contribution < 1.29 is 4.74 Å².